The average molecular weight is 348 g/mol. The molecule has 2 aromatic carbocycles. The molecule has 0 saturated carbocycles. The minimum Gasteiger partial charge on any atom is -0.494 e. The van der Waals surface area contributed by atoms with Gasteiger partial charge in [0.15, 0.2) is 18.1 Å². The highest BCUT2D eigenvalue weighted by Crippen LogP contribution is 2.17. The van der Waals surface area contributed by atoms with Gasteiger partial charge < -0.3 is 15.0 Å². The lowest BCUT2D eigenvalue weighted by Gasteiger charge is -2.14. The van der Waals surface area contributed by atoms with Crippen LogP contribution in [0.4, 0.5) is 15.8 Å². The van der Waals surface area contributed by atoms with E-state index in [9.17, 15) is 19.3 Å². The second-order valence-corrected chi connectivity index (χ2v) is 5.64. The molecule has 2 rings (SSSR count). The number of quaternary nitrogens is 1. The van der Waals surface area contributed by atoms with Crippen LogP contribution < -0.4 is 15.0 Å². The lowest BCUT2D eigenvalue weighted by molar-refractivity contribution is -0.885. The van der Waals surface area contributed by atoms with Crippen LogP contribution in [0.5, 0.6) is 5.75 Å². The lowest BCUT2D eigenvalue weighted by atomic mass is 10.2. The summed E-state index contributed by atoms with van der Waals surface area (Å²) in [5.41, 5.74) is 1.01. The Hall–Kier alpha value is -3.00. The highest BCUT2D eigenvalue weighted by atomic mass is 19.1. The van der Waals surface area contributed by atoms with Crippen molar-refractivity contribution in [3.63, 3.8) is 0 Å². The number of halogens is 1. The summed E-state index contributed by atoms with van der Waals surface area (Å²) in [7, 11) is 3.20. The van der Waals surface area contributed by atoms with E-state index >= 15 is 0 Å². The van der Waals surface area contributed by atoms with Gasteiger partial charge in [-0.25, -0.2) is 4.39 Å². The fourth-order valence-corrected chi connectivity index (χ4v) is 2.41. The van der Waals surface area contributed by atoms with E-state index in [1.807, 2.05) is 0 Å². The quantitative estimate of drug-likeness (QED) is 0.585. The minimum atomic E-state index is -0.523. The van der Waals surface area contributed by atoms with E-state index < -0.39 is 10.7 Å². The summed E-state index contributed by atoms with van der Waals surface area (Å²) in [5.74, 6) is -0.564. The Kier molecular flexibility index (Phi) is 6.02. The molecule has 132 valence electrons. The van der Waals surface area contributed by atoms with Gasteiger partial charge in [0.2, 0.25) is 0 Å². The summed E-state index contributed by atoms with van der Waals surface area (Å²) in [6, 6.07) is 10.4. The third kappa shape index (κ3) is 5.25. The van der Waals surface area contributed by atoms with Gasteiger partial charge in [0.05, 0.1) is 19.1 Å². The fourth-order valence-electron chi connectivity index (χ4n) is 2.41. The number of hydrogen-bond donors (Lipinski definition) is 2. The van der Waals surface area contributed by atoms with Gasteiger partial charge in [0, 0.05) is 23.4 Å². The Morgan fingerprint density at radius 2 is 2.08 bits per heavy atom. The Labute approximate surface area is 144 Å². The predicted octanol–water partition coefficient (Wildman–Crippen LogP) is 1.40. The number of nitrogens with one attached hydrogen (secondary N) is 2. The zero-order valence-corrected chi connectivity index (χ0v) is 13.9. The van der Waals surface area contributed by atoms with Crippen molar-refractivity contribution in [1.82, 2.24) is 0 Å². The third-order valence-electron chi connectivity index (χ3n) is 3.53. The van der Waals surface area contributed by atoms with Crippen LogP contribution in [0, 0.1) is 15.9 Å². The first-order valence-corrected chi connectivity index (χ1v) is 7.57. The summed E-state index contributed by atoms with van der Waals surface area (Å²) in [5, 5.41) is 13.4. The monoisotopic (exact) mass is 348 g/mol. The molecule has 7 nitrogen and oxygen atoms in total. The molecule has 0 saturated heterocycles. The number of likely N-dealkylation sites (N-methyl/N-ethyl adjacent to an activating group) is 1. The van der Waals surface area contributed by atoms with Crippen molar-refractivity contribution in [2.45, 2.75) is 6.54 Å². The van der Waals surface area contributed by atoms with Crippen LogP contribution in [0.25, 0.3) is 0 Å². The largest absolute Gasteiger partial charge is 0.494 e. The van der Waals surface area contributed by atoms with Crippen LogP contribution in [0.1, 0.15) is 5.56 Å². The van der Waals surface area contributed by atoms with Crippen molar-refractivity contribution in [2.24, 2.45) is 0 Å². The fraction of sp³-hybridized carbons (Fsp3) is 0.235. The van der Waals surface area contributed by atoms with Crippen molar-refractivity contribution < 1.29 is 23.7 Å². The number of hydrogen-bond acceptors (Lipinski definition) is 4. The average Bonchev–Trinajstić information content (AvgIpc) is 2.55. The molecule has 0 aliphatic heterocycles. The molecule has 0 aromatic heterocycles. The smallest absolute Gasteiger partial charge is 0.279 e. The van der Waals surface area contributed by atoms with Gasteiger partial charge >= 0.3 is 0 Å². The molecule has 1 unspecified atom stereocenters. The van der Waals surface area contributed by atoms with Gasteiger partial charge in [-0.05, 0) is 24.3 Å². The topological polar surface area (TPSA) is 85.9 Å². The van der Waals surface area contributed by atoms with Crippen molar-refractivity contribution in [3.8, 4) is 5.75 Å². The Balaban J connectivity index is 1.92. The zero-order valence-electron chi connectivity index (χ0n) is 13.9. The van der Waals surface area contributed by atoms with E-state index in [1.165, 1.54) is 31.4 Å². The number of methoxy groups -OCH3 is 1. The molecule has 2 aromatic rings. The third-order valence-corrected chi connectivity index (χ3v) is 3.53. The number of ether oxygens (including phenoxy) is 1. The summed E-state index contributed by atoms with van der Waals surface area (Å²) in [4.78, 5) is 23.1. The van der Waals surface area contributed by atoms with E-state index in [-0.39, 0.29) is 23.9 Å². The Bertz CT molecular complexity index is 782. The number of anilines is 1. The summed E-state index contributed by atoms with van der Waals surface area (Å²) >= 11 is 0. The first-order valence-electron chi connectivity index (χ1n) is 7.57. The first-order chi connectivity index (χ1) is 11.9. The van der Waals surface area contributed by atoms with Crippen LogP contribution in [0.2, 0.25) is 0 Å². The van der Waals surface area contributed by atoms with E-state index in [1.54, 1.807) is 25.2 Å². The van der Waals surface area contributed by atoms with E-state index in [0.29, 0.717) is 12.2 Å². The van der Waals surface area contributed by atoms with Gasteiger partial charge in [-0.15, -0.1) is 0 Å². The number of carbonyl (C=O) groups excluding carboxylic acids is 1. The van der Waals surface area contributed by atoms with E-state index in [0.717, 1.165) is 10.5 Å². The molecule has 2 N–H and O–H groups in total. The molecule has 0 fully saturated rings. The second-order valence-electron chi connectivity index (χ2n) is 5.64. The SMILES string of the molecule is COc1ccc(C[NH+](C)CC(=O)Nc2cccc([N+](=O)[O-])c2)cc1F. The van der Waals surface area contributed by atoms with Crippen LogP contribution in [0.3, 0.4) is 0 Å². The number of non-ortho nitro benzene ring substituents is 1. The summed E-state index contributed by atoms with van der Waals surface area (Å²) < 4.78 is 18.6. The number of nitro benzene ring substituents is 1. The first kappa shape index (κ1) is 18.3. The standard InChI is InChI=1S/C17H18FN3O4/c1-20(10-12-6-7-16(25-2)15(18)8-12)11-17(22)19-13-4-3-5-14(9-13)21(23)24/h3-9H,10-11H2,1-2H3,(H,19,22)/p+1. The van der Waals surface area contributed by atoms with Gasteiger partial charge in [-0.3, -0.25) is 14.9 Å². The van der Waals surface area contributed by atoms with Crippen LogP contribution >= 0.6 is 0 Å². The maximum Gasteiger partial charge on any atom is 0.279 e. The zero-order chi connectivity index (χ0) is 18.4. The highest BCUT2D eigenvalue weighted by Gasteiger charge is 2.14. The van der Waals surface area contributed by atoms with Crippen molar-refractivity contribution in [2.75, 3.05) is 26.0 Å². The molecule has 0 bridgehead atoms. The van der Waals surface area contributed by atoms with Crippen molar-refractivity contribution in [3.05, 3.63) is 64.0 Å². The minimum absolute atomic E-state index is 0.0905. The van der Waals surface area contributed by atoms with Crippen molar-refractivity contribution >= 4 is 17.3 Å². The molecule has 0 spiro atoms. The van der Waals surface area contributed by atoms with Crippen LogP contribution in [-0.2, 0) is 11.3 Å². The normalized spacial score (nSPS) is 11.6. The number of benzene rings is 2. The van der Waals surface area contributed by atoms with Gasteiger partial charge in [0.25, 0.3) is 11.6 Å². The molecular formula is C17H19FN3O4+. The molecule has 0 heterocycles. The van der Waals surface area contributed by atoms with Gasteiger partial charge in [0.1, 0.15) is 6.54 Å². The number of rotatable bonds is 7. The molecule has 0 aliphatic rings. The van der Waals surface area contributed by atoms with Crippen molar-refractivity contribution in [1.29, 1.82) is 0 Å². The van der Waals surface area contributed by atoms with Gasteiger partial charge in [-0.2, -0.15) is 0 Å². The summed E-state index contributed by atoms with van der Waals surface area (Å²) in [6.45, 7) is 0.583. The van der Waals surface area contributed by atoms with Crippen LogP contribution in [0.15, 0.2) is 42.5 Å². The molecule has 0 aliphatic carbocycles. The molecule has 8 heteroatoms. The molecule has 0 radical (unpaired) electrons. The number of nitro groups is 1. The maximum absolute atomic E-state index is 13.7. The Morgan fingerprint density at radius 3 is 2.72 bits per heavy atom. The lowest BCUT2D eigenvalue weighted by Crippen LogP contribution is -3.08. The molecular weight excluding hydrogens is 329 g/mol. The highest BCUT2D eigenvalue weighted by molar-refractivity contribution is 5.91. The van der Waals surface area contributed by atoms with Gasteiger partial charge in [-0.1, -0.05) is 6.07 Å². The molecule has 1 atom stereocenters. The Morgan fingerprint density at radius 1 is 1.32 bits per heavy atom. The summed E-state index contributed by atoms with van der Waals surface area (Å²) in [6.07, 6.45) is 0. The molecule has 1 amide bonds. The van der Waals surface area contributed by atoms with E-state index in [4.69, 9.17) is 4.74 Å². The number of carbonyl (C=O) groups is 1. The number of nitrogens with zero attached hydrogens (tertiary/aromatic N) is 1. The maximum atomic E-state index is 13.7. The van der Waals surface area contributed by atoms with Crippen LogP contribution in [-0.4, -0.2) is 31.5 Å². The predicted molar refractivity (Wildman–Crippen MR) is 90.1 cm³/mol. The molecule has 25 heavy (non-hydrogen) atoms. The number of amides is 1. The van der Waals surface area contributed by atoms with E-state index in [2.05, 4.69) is 5.32 Å². The second kappa shape index (κ2) is 8.20.